The fourth-order valence-corrected chi connectivity index (χ4v) is 0. The molecule has 0 amide bonds. The third-order valence-electron chi connectivity index (χ3n) is 0. The summed E-state index contributed by atoms with van der Waals surface area (Å²) in [5, 5.41) is 0. The number of hydrogen-bond donors (Lipinski definition) is 2. The van der Waals surface area contributed by atoms with Gasteiger partial charge in [-0.1, -0.05) is 12.2 Å². The molecule has 7 heavy (non-hydrogen) atoms. The van der Waals surface area contributed by atoms with Crippen LogP contribution in [-0.2, 0) is 19.5 Å². The largest absolute Gasteiger partial charge is 0.412 e. The van der Waals surface area contributed by atoms with Crippen LogP contribution >= 0.6 is 38.3 Å². The first kappa shape index (κ1) is 24.1. The molecule has 0 aliphatic carbocycles. The molecule has 0 aromatic rings. The molecule has 0 aliphatic rings. The van der Waals surface area contributed by atoms with Gasteiger partial charge in [0.25, 0.3) is 0 Å². The van der Waals surface area contributed by atoms with Gasteiger partial charge in [-0.15, -0.1) is 12.6 Å². The second-order valence-corrected chi connectivity index (χ2v) is 1.56. The van der Waals surface area contributed by atoms with Gasteiger partial charge in [0.05, 0.1) is 0 Å². The first-order valence-electron chi connectivity index (χ1n) is 0.716. The Kier molecular flexibility index (Phi) is 54.1. The standard InChI is InChI=1S/CH3NS2.H2O.H2S.Zn/c2-1(3)4;;;/h(H3,2,3,4);2*1H2;. The van der Waals surface area contributed by atoms with Crippen molar-refractivity contribution in [1.29, 1.82) is 0 Å². The monoisotopic (exact) mass is 209 g/mol. The Morgan fingerprint density at radius 2 is 1.57 bits per heavy atom. The fourth-order valence-electron chi connectivity index (χ4n) is 0. The van der Waals surface area contributed by atoms with E-state index in [0.29, 0.717) is 0 Å². The third-order valence-corrected chi connectivity index (χ3v) is 0. The molecule has 0 saturated heterocycles. The van der Waals surface area contributed by atoms with E-state index in [1.54, 1.807) is 0 Å². The summed E-state index contributed by atoms with van der Waals surface area (Å²) in [6.45, 7) is 0. The van der Waals surface area contributed by atoms with E-state index in [1.807, 2.05) is 0 Å². The van der Waals surface area contributed by atoms with Crippen molar-refractivity contribution in [3.05, 3.63) is 0 Å². The Morgan fingerprint density at radius 1 is 1.57 bits per heavy atom. The molecule has 0 atom stereocenters. The van der Waals surface area contributed by atoms with E-state index in [0.717, 1.165) is 0 Å². The molecule has 2 nitrogen and oxygen atoms in total. The zero-order valence-corrected chi connectivity index (χ0v) is 9.32. The second-order valence-electron chi connectivity index (χ2n) is 0.338. The van der Waals surface area contributed by atoms with Gasteiger partial charge in [0.1, 0.15) is 4.32 Å². The summed E-state index contributed by atoms with van der Waals surface area (Å²) in [5.41, 5.74) is 4.71. The Labute approximate surface area is 73.1 Å². The predicted octanol–water partition coefficient (Wildman–Crippen LogP) is -0.555. The molecular weight excluding hydrogens is 204 g/mol. The summed E-state index contributed by atoms with van der Waals surface area (Å²) >= 11 is 7.65. The zero-order valence-electron chi connectivity index (χ0n) is 3.64. The molecule has 0 aliphatic heterocycles. The van der Waals surface area contributed by atoms with E-state index in [4.69, 9.17) is 5.73 Å². The van der Waals surface area contributed by atoms with Crippen molar-refractivity contribution in [2.45, 2.75) is 0 Å². The minimum atomic E-state index is 0. The molecule has 6 heteroatoms. The summed E-state index contributed by atoms with van der Waals surface area (Å²) in [5.74, 6) is 0. The zero-order chi connectivity index (χ0) is 3.58. The predicted molar refractivity (Wildman–Crippen MR) is 39.8 cm³/mol. The average Bonchev–Trinajstić information content (AvgIpc) is 0.811. The van der Waals surface area contributed by atoms with Gasteiger partial charge in [0, 0.05) is 19.5 Å². The van der Waals surface area contributed by atoms with Crippen molar-refractivity contribution in [1.82, 2.24) is 0 Å². The number of nitrogens with two attached hydrogens (primary N) is 1. The molecule has 4 N–H and O–H groups in total. The quantitative estimate of drug-likeness (QED) is 0.320. The van der Waals surface area contributed by atoms with Crippen molar-refractivity contribution < 1.29 is 25.0 Å². The molecule has 0 radical (unpaired) electrons. The number of thiol groups is 1. The molecule has 0 fully saturated rings. The van der Waals surface area contributed by atoms with Crippen LogP contribution in [-0.4, -0.2) is 9.80 Å². The number of hydrogen-bond acceptors (Lipinski definition) is 1. The van der Waals surface area contributed by atoms with Gasteiger partial charge in [0.2, 0.25) is 0 Å². The summed E-state index contributed by atoms with van der Waals surface area (Å²) in [6.07, 6.45) is 0. The van der Waals surface area contributed by atoms with Crippen LogP contribution in [0.5, 0.6) is 0 Å². The minimum absolute atomic E-state index is 0. The number of thiocarbonyl (C=S) groups is 1. The maximum Gasteiger partial charge on any atom is 0.128 e. The maximum atomic E-state index is 4.71. The van der Waals surface area contributed by atoms with E-state index >= 15 is 0 Å². The molecule has 0 bridgehead atoms. The van der Waals surface area contributed by atoms with Gasteiger partial charge in [-0.3, -0.25) is 0 Å². The Morgan fingerprint density at radius 3 is 1.57 bits per heavy atom. The van der Waals surface area contributed by atoms with Crippen molar-refractivity contribution >= 4 is 42.7 Å². The van der Waals surface area contributed by atoms with Crippen molar-refractivity contribution in [3.63, 3.8) is 0 Å². The molecule has 0 aromatic heterocycles. The summed E-state index contributed by atoms with van der Waals surface area (Å²) in [6, 6.07) is 0. The molecule has 42 valence electrons. The van der Waals surface area contributed by atoms with Crippen LogP contribution in [0.3, 0.4) is 0 Å². The average molecular weight is 211 g/mol. The van der Waals surface area contributed by atoms with Gasteiger partial charge in [0.15, 0.2) is 0 Å². The van der Waals surface area contributed by atoms with Crippen LogP contribution in [0.4, 0.5) is 0 Å². The summed E-state index contributed by atoms with van der Waals surface area (Å²) in [7, 11) is 0. The van der Waals surface area contributed by atoms with Crippen molar-refractivity contribution in [2.75, 3.05) is 0 Å². The maximum absolute atomic E-state index is 4.71. The fraction of sp³-hybridized carbons (Fsp3) is 0. The van der Waals surface area contributed by atoms with Crippen molar-refractivity contribution in [3.8, 4) is 0 Å². The van der Waals surface area contributed by atoms with Gasteiger partial charge >= 0.3 is 0 Å². The van der Waals surface area contributed by atoms with Crippen LogP contribution in [0.25, 0.3) is 0 Å². The molecule has 0 saturated carbocycles. The third kappa shape index (κ3) is 139. The van der Waals surface area contributed by atoms with Crippen LogP contribution in [0, 0.1) is 0 Å². The SMILES string of the molecule is NC(=S)S.O.S.[Zn]. The molecule has 0 spiro atoms. The van der Waals surface area contributed by atoms with Crippen LogP contribution in [0.1, 0.15) is 0 Å². The van der Waals surface area contributed by atoms with Gasteiger partial charge in [-0.05, 0) is 0 Å². The van der Waals surface area contributed by atoms with E-state index in [1.165, 1.54) is 0 Å². The summed E-state index contributed by atoms with van der Waals surface area (Å²) < 4.78 is 0.194. The molecule has 0 aromatic carbocycles. The first-order chi connectivity index (χ1) is 1.73. The van der Waals surface area contributed by atoms with E-state index in [9.17, 15) is 0 Å². The molecule has 0 rings (SSSR count). The van der Waals surface area contributed by atoms with E-state index in [2.05, 4.69) is 24.8 Å². The van der Waals surface area contributed by atoms with Crippen molar-refractivity contribution in [2.24, 2.45) is 5.73 Å². The molecular formula is CH7NOS3Zn. The Balaban J connectivity index is -0.0000000150. The normalized spacial score (nSPS) is 3.57. The minimum Gasteiger partial charge on any atom is -0.412 e. The summed E-state index contributed by atoms with van der Waals surface area (Å²) in [4.78, 5) is 0. The topological polar surface area (TPSA) is 57.5 Å². The van der Waals surface area contributed by atoms with E-state index in [-0.39, 0.29) is 42.8 Å². The Bertz CT molecular complexity index is 37.9. The van der Waals surface area contributed by atoms with Crippen LogP contribution in [0.15, 0.2) is 0 Å². The Hall–Kier alpha value is 1.17. The first-order valence-corrected chi connectivity index (χ1v) is 1.57. The van der Waals surface area contributed by atoms with Crippen LogP contribution in [0.2, 0.25) is 0 Å². The number of rotatable bonds is 0. The molecule has 0 heterocycles. The van der Waals surface area contributed by atoms with Gasteiger partial charge in [-0.2, -0.15) is 13.5 Å². The van der Waals surface area contributed by atoms with Crippen LogP contribution < -0.4 is 5.73 Å². The molecule has 0 unspecified atom stereocenters. The van der Waals surface area contributed by atoms with Gasteiger partial charge in [-0.25, -0.2) is 0 Å². The smallest absolute Gasteiger partial charge is 0.128 e. The van der Waals surface area contributed by atoms with E-state index < -0.39 is 0 Å². The second kappa shape index (κ2) is 15.7. The van der Waals surface area contributed by atoms with Gasteiger partial charge < -0.3 is 11.2 Å².